The van der Waals surface area contributed by atoms with Crippen molar-refractivity contribution in [3.63, 3.8) is 0 Å². The minimum Gasteiger partial charge on any atom is -0.333 e. The van der Waals surface area contributed by atoms with E-state index in [2.05, 4.69) is 0 Å². The quantitative estimate of drug-likeness (QED) is 0.601. The highest BCUT2D eigenvalue weighted by molar-refractivity contribution is 5.72. The molecule has 12 heavy (non-hydrogen) atoms. The van der Waals surface area contributed by atoms with Gasteiger partial charge in [-0.1, -0.05) is 0 Å². The van der Waals surface area contributed by atoms with Gasteiger partial charge in [-0.2, -0.15) is 10.1 Å². The van der Waals surface area contributed by atoms with E-state index in [0.717, 1.165) is 10.1 Å². The van der Waals surface area contributed by atoms with Gasteiger partial charge in [0.15, 0.2) is 13.0 Å². The van der Waals surface area contributed by atoms with Crippen molar-refractivity contribution in [2.45, 2.75) is 13.2 Å². The SMILES string of the molecule is CON1COC(C)N(OC)C1=O. The lowest BCUT2D eigenvalue weighted by Crippen LogP contribution is -2.53. The molecule has 0 N–H and O–H groups in total. The summed E-state index contributed by atoms with van der Waals surface area (Å²) in [4.78, 5) is 20.8. The maximum Gasteiger partial charge on any atom is 0.372 e. The molecule has 1 fully saturated rings. The number of hydroxylamine groups is 4. The average molecular weight is 176 g/mol. The first-order chi connectivity index (χ1) is 5.70. The third-order valence-corrected chi connectivity index (χ3v) is 1.58. The maximum atomic E-state index is 11.3. The minimum atomic E-state index is -0.381. The molecule has 0 aromatic heterocycles. The molecule has 1 aliphatic rings. The zero-order valence-corrected chi connectivity index (χ0v) is 7.31. The lowest BCUT2D eigenvalue weighted by atomic mass is 10.6. The van der Waals surface area contributed by atoms with Crippen molar-refractivity contribution in [2.75, 3.05) is 21.0 Å². The van der Waals surface area contributed by atoms with Gasteiger partial charge in [-0.3, -0.25) is 9.68 Å². The van der Waals surface area contributed by atoms with Gasteiger partial charge < -0.3 is 4.74 Å². The fourth-order valence-electron chi connectivity index (χ4n) is 0.921. The topological polar surface area (TPSA) is 51.2 Å². The highest BCUT2D eigenvalue weighted by atomic mass is 16.8. The first kappa shape index (κ1) is 9.24. The molecule has 1 rings (SSSR count). The van der Waals surface area contributed by atoms with Crippen molar-refractivity contribution in [3.05, 3.63) is 0 Å². The molecule has 0 saturated carbocycles. The molecule has 1 saturated heterocycles. The van der Waals surface area contributed by atoms with Crippen LogP contribution < -0.4 is 0 Å². The Kier molecular flexibility index (Phi) is 2.85. The van der Waals surface area contributed by atoms with Gasteiger partial charge in [0.2, 0.25) is 0 Å². The third-order valence-electron chi connectivity index (χ3n) is 1.58. The zero-order valence-electron chi connectivity index (χ0n) is 7.31. The Hall–Kier alpha value is -0.850. The fraction of sp³-hybridized carbons (Fsp3) is 0.833. The molecule has 70 valence electrons. The Morgan fingerprint density at radius 3 is 2.67 bits per heavy atom. The van der Waals surface area contributed by atoms with Gasteiger partial charge >= 0.3 is 6.03 Å². The van der Waals surface area contributed by atoms with Crippen LogP contribution in [0.15, 0.2) is 0 Å². The molecule has 0 bridgehead atoms. The first-order valence-corrected chi connectivity index (χ1v) is 3.51. The number of amides is 2. The van der Waals surface area contributed by atoms with E-state index in [1.54, 1.807) is 6.92 Å². The Labute approximate surface area is 70.5 Å². The van der Waals surface area contributed by atoms with Crippen LogP contribution in [0.5, 0.6) is 0 Å². The second kappa shape index (κ2) is 3.70. The predicted octanol–water partition coefficient (Wildman–Crippen LogP) is 0.167. The third kappa shape index (κ3) is 1.50. The van der Waals surface area contributed by atoms with Crippen molar-refractivity contribution in [1.29, 1.82) is 0 Å². The smallest absolute Gasteiger partial charge is 0.333 e. The Morgan fingerprint density at radius 2 is 2.17 bits per heavy atom. The summed E-state index contributed by atoms with van der Waals surface area (Å²) in [6, 6.07) is -0.362. The van der Waals surface area contributed by atoms with Gasteiger partial charge in [-0.15, -0.1) is 0 Å². The summed E-state index contributed by atoms with van der Waals surface area (Å²) in [5, 5.41) is 2.15. The number of urea groups is 1. The summed E-state index contributed by atoms with van der Waals surface area (Å²) in [6.45, 7) is 1.84. The normalized spacial score (nSPS) is 24.9. The number of hydrogen-bond acceptors (Lipinski definition) is 4. The molecule has 0 aliphatic carbocycles. The van der Waals surface area contributed by atoms with Crippen LogP contribution in [0, 0.1) is 0 Å². The van der Waals surface area contributed by atoms with Crippen molar-refractivity contribution in [2.24, 2.45) is 0 Å². The molecule has 6 heteroatoms. The number of carbonyl (C=O) groups is 1. The number of rotatable bonds is 2. The van der Waals surface area contributed by atoms with Crippen LogP contribution in [-0.2, 0) is 14.4 Å². The van der Waals surface area contributed by atoms with Crippen molar-refractivity contribution >= 4 is 6.03 Å². The number of ether oxygens (including phenoxy) is 1. The van der Waals surface area contributed by atoms with E-state index in [9.17, 15) is 4.79 Å². The van der Waals surface area contributed by atoms with Crippen LogP contribution in [0.4, 0.5) is 4.79 Å². The number of hydrogen-bond donors (Lipinski definition) is 0. The highest BCUT2D eigenvalue weighted by Crippen LogP contribution is 2.12. The Morgan fingerprint density at radius 1 is 1.50 bits per heavy atom. The monoisotopic (exact) mass is 176 g/mol. The van der Waals surface area contributed by atoms with E-state index >= 15 is 0 Å². The van der Waals surface area contributed by atoms with Gasteiger partial charge in [-0.25, -0.2) is 4.79 Å². The summed E-state index contributed by atoms with van der Waals surface area (Å²) in [6.07, 6.45) is -0.381. The fourth-order valence-corrected chi connectivity index (χ4v) is 0.921. The van der Waals surface area contributed by atoms with E-state index in [1.165, 1.54) is 14.2 Å². The summed E-state index contributed by atoms with van der Waals surface area (Å²) in [5.41, 5.74) is 0. The molecule has 0 aromatic rings. The molecular formula is C6H12N2O4. The van der Waals surface area contributed by atoms with E-state index in [1.807, 2.05) is 0 Å². The summed E-state index contributed by atoms with van der Waals surface area (Å²) in [7, 11) is 2.79. The summed E-state index contributed by atoms with van der Waals surface area (Å²) >= 11 is 0. The van der Waals surface area contributed by atoms with Gasteiger partial charge in [0.05, 0.1) is 14.2 Å². The van der Waals surface area contributed by atoms with Gasteiger partial charge in [-0.05, 0) is 6.92 Å². The highest BCUT2D eigenvalue weighted by Gasteiger charge is 2.32. The van der Waals surface area contributed by atoms with Crippen LogP contribution in [0.25, 0.3) is 0 Å². The molecule has 0 aromatic carbocycles. The van der Waals surface area contributed by atoms with E-state index in [0.29, 0.717) is 0 Å². The molecule has 0 spiro atoms. The molecule has 1 heterocycles. The standard InChI is InChI=1S/C6H12N2O4/c1-5-8(11-3)6(9)7(10-2)4-12-5/h5H,4H2,1-3H3. The first-order valence-electron chi connectivity index (χ1n) is 3.51. The van der Waals surface area contributed by atoms with E-state index in [-0.39, 0.29) is 19.0 Å². The zero-order chi connectivity index (χ0) is 9.14. The maximum absolute atomic E-state index is 11.3. The van der Waals surface area contributed by atoms with Crippen LogP contribution in [0.3, 0.4) is 0 Å². The molecule has 2 amide bonds. The Bertz CT molecular complexity index is 175. The molecule has 0 radical (unpaired) electrons. The van der Waals surface area contributed by atoms with Gasteiger partial charge in [0, 0.05) is 0 Å². The number of nitrogens with zero attached hydrogens (tertiary/aromatic N) is 2. The van der Waals surface area contributed by atoms with Crippen molar-refractivity contribution in [3.8, 4) is 0 Å². The largest absolute Gasteiger partial charge is 0.372 e. The average Bonchev–Trinajstić information content (AvgIpc) is 2.06. The van der Waals surface area contributed by atoms with Crippen molar-refractivity contribution < 1.29 is 19.2 Å². The lowest BCUT2D eigenvalue weighted by Gasteiger charge is -2.35. The van der Waals surface area contributed by atoms with Crippen LogP contribution in [0.2, 0.25) is 0 Å². The van der Waals surface area contributed by atoms with Gasteiger partial charge in [0.1, 0.15) is 0 Å². The second-order valence-corrected chi connectivity index (χ2v) is 2.25. The Balaban J connectivity index is 2.63. The molecular weight excluding hydrogens is 164 g/mol. The van der Waals surface area contributed by atoms with E-state index in [4.69, 9.17) is 14.4 Å². The van der Waals surface area contributed by atoms with Crippen molar-refractivity contribution in [1.82, 2.24) is 10.1 Å². The summed E-state index contributed by atoms with van der Waals surface area (Å²) < 4.78 is 5.14. The second-order valence-electron chi connectivity index (χ2n) is 2.25. The van der Waals surface area contributed by atoms with Gasteiger partial charge in [0.25, 0.3) is 0 Å². The van der Waals surface area contributed by atoms with Crippen LogP contribution in [0.1, 0.15) is 6.92 Å². The minimum absolute atomic E-state index is 0.121. The predicted molar refractivity (Wildman–Crippen MR) is 38.5 cm³/mol. The van der Waals surface area contributed by atoms with Crippen LogP contribution >= 0.6 is 0 Å². The molecule has 1 atom stereocenters. The number of carbonyl (C=O) groups excluding carboxylic acids is 1. The van der Waals surface area contributed by atoms with E-state index < -0.39 is 0 Å². The molecule has 1 unspecified atom stereocenters. The van der Waals surface area contributed by atoms with Crippen LogP contribution in [-0.4, -0.2) is 43.3 Å². The molecule has 6 nitrogen and oxygen atoms in total. The lowest BCUT2D eigenvalue weighted by molar-refractivity contribution is -0.286. The summed E-state index contributed by atoms with van der Waals surface area (Å²) in [5.74, 6) is 0. The molecule has 1 aliphatic heterocycles.